The Labute approximate surface area is 169 Å². The van der Waals surface area contributed by atoms with Crippen LogP contribution in [-0.2, 0) is 16.1 Å². The third-order valence-electron chi connectivity index (χ3n) is 5.28. The lowest BCUT2D eigenvalue weighted by Crippen LogP contribution is -2.46. The first-order chi connectivity index (χ1) is 13.5. The number of halogens is 1. The maximum atomic E-state index is 13.3. The standard InChI is InChI=1S/C22H22ClN3O2/c1-24-11-13-25(14-12-24)20-19(17-7-9-18(23)10-8-17)21(27)26(22(20)28)15-16-5-3-2-4-6-16/h2-10H,11-15H2,1H3. The lowest BCUT2D eigenvalue weighted by atomic mass is 10.0. The van der Waals surface area contributed by atoms with Gasteiger partial charge in [0.1, 0.15) is 5.70 Å². The van der Waals surface area contributed by atoms with E-state index in [2.05, 4.69) is 16.8 Å². The first-order valence-corrected chi connectivity index (χ1v) is 9.76. The van der Waals surface area contributed by atoms with Crippen LogP contribution in [0.3, 0.4) is 0 Å². The summed E-state index contributed by atoms with van der Waals surface area (Å²) in [6, 6.07) is 16.7. The van der Waals surface area contributed by atoms with Gasteiger partial charge in [0.2, 0.25) is 0 Å². The first-order valence-electron chi connectivity index (χ1n) is 9.38. The Morgan fingerprint density at radius 1 is 0.857 bits per heavy atom. The van der Waals surface area contributed by atoms with Gasteiger partial charge in [-0.25, -0.2) is 0 Å². The predicted molar refractivity (Wildman–Crippen MR) is 109 cm³/mol. The summed E-state index contributed by atoms with van der Waals surface area (Å²) in [4.78, 5) is 32.2. The number of rotatable bonds is 4. The van der Waals surface area contributed by atoms with Crippen LogP contribution >= 0.6 is 11.6 Å². The average Bonchev–Trinajstić information content (AvgIpc) is 2.95. The van der Waals surface area contributed by atoms with E-state index in [9.17, 15) is 9.59 Å². The summed E-state index contributed by atoms with van der Waals surface area (Å²) in [6.07, 6.45) is 0. The second-order valence-corrected chi connectivity index (χ2v) is 7.64. The molecule has 0 radical (unpaired) electrons. The predicted octanol–water partition coefficient (Wildman–Crippen LogP) is 2.87. The quantitative estimate of drug-likeness (QED) is 0.747. The van der Waals surface area contributed by atoms with E-state index < -0.39 is 0 Å². The molecule has 0 aliphatic carbocycles. The van der Waals surface area contributed by atoms with Crippen molar-refractivity contribution in [2.45, 2.75) is 6.54 Å². The van der Waals surface area contributed by atoms with Crippen molar-refractivity contribution >= 4 is 29.0 Å². The normalized spacial score (nSPS) is 18.4. The molecule has 2 heterocycles. The highest BCUT2D eigenvalue weighted by Gasteiger charge is 2.41. The van der Waals surface area contributed by atoms with Crippen LogP contribution in [-0.4, -0.2) is 59.7 Å². The molecule has 2 amide bonds. The maximum Gasteiger partial charge on any atom is 0.278 e. The highest BCUT2D eigenvalue weighted by atomic mass is 35.5. The second kappa shape index (κ2) is 7.78. The number of hydrogen-bond donors (Lipinski definition) is 0. The number of benzene rings is 2. The van der Waals surface area contributed by atoms with Gasteiger partial charge in [-0.1, -0.05) is 54.1 Å². The Morgan fingerprint density at radius 2 is 1.50 bits per heavy atom. The van der Waals surface area contributed by atoms with Gasteiger partial charge in [-0.15, -0.1) is 0 Å². The van der Waals surface area contributed by atoms with E-state index in [0.29, 0.717) is 16.3 Å². The molecule has 0 spiro atoms. The van der Waals surface area contributed by atoms with Gasteiger partial charge in [0.25, 0.3) is 11.8 Å². The van der Waals surface area contributed by atoms with Crippen LogP contribution in [0.1, 0.15) is 11.1 Å². The zero-order chi connectivity index (χ0) is 19.7. The van der Waals surface area contributed by atoms with Crippen molar-refractivity contribution in [3.63, 3.8) is 0 Å². The van der Waals surface area contributed by atoms with E-state index in [1.54, 1.807) is 12.1 Å². The fourth-order valence-electron chi connectivity index (χ4n) is 3.67. The van der Waals surface area contributed by atoms with Crippen molar-refractivity contribution < 1.29 is 9.59 Å². The van der Waals surface area contributed by atoms with Crippen molar-refractivity contribution in [2.75, 3.05) is 33.2 Å². The molecule has 2 aromatic carbocycles. The van der Waals surface area contributed by atoms with E-state index in [0.717, 1.165) is 37.3 Å². The Bertz CT molecular complexity index is 917. The summed E-state index contributed by atoms with van der Waals surface area (Å²) in [6.45, 7) is 3.43. The molecule has 1 fully saturated rings. The van der Waals surface area contributed by atoms with E-state index in [-0.39, 0.29) is 18.4 Å². The third-order valence-corrected chi connectivity index (χ3v) is 5.53. The molecular weight excluding hydrogens is 374 g/mol. The number of hydrogen-bond acceptors (Lipinski definition) is 4. The van der Waals surface area contributed by atoms with Gasteiger partial charge >= 0.3 is 0 Å². The minimum Gasteiger partial charge on any atom is -0.364 e. The van der Waals surface area contributed by atoms with E-state index in [1.807, 2.05) is 42.5 Å². The van der Waals surface area contributed by atoms with Gasteiger partial charge < -0.3 is 9.80 Å². The van der Waals surface area contributed by atoms with E-state index >= 15 is 0 Å². The molecular formula is C22H22ClN3O2. The number of likely N-dealkylation sites (N-methyl/N-ethyl adjacent to an activating group) is 1. The molecule has 0 N–H and O–H groups in total. The van der Waals surface area contributed by atoms with Crippen LogP contribution in [0.2, 0.25) is 5.02 Å². The van der Waals surface area contributed by atoms with Crippen molar-refractivity contribution in [3.8, 4) is 0 Å². The molecule has 28 heavy (non-hydrogen) atoms. The van der Waals surface area contributed by atoms with Gasteiger partial charge in [0, 0.05) is 31.2 Å². The fourth-order valence-corrected chi connectivity index (χ4v) is 3.80. The van der Waals surface area contributed by atoms with Crippen LogP contribution in [0.4, 0.5) is 0 Å². The highest BCUT2D eigenvalue weighted by Crippen LogP contribution is 2.33. The van der Waals surface area contributed by atoms with Crippen LogP contribution < -0.4 is 0 Å². The molecule has 0 unspecified atom stereocenters. The minimum atomic E-state index is -0.245. The Balaban J connectivity index is 1.72. The van der Waals surface area contributed by atoms with Gasteiger partial charge in [-0.05, 0) is 30.3 Å². The van der Waals surface area contributed by atoms with Gasteiger partial charge in [-0.2, -0.15) is 0 Å². The number of piperazine rings is 1. The molecule has 0 saturated carbocycles. The highest BCUT2D eigenvalue weighted by molar-refractivity contribution is 6.35. The van der Waals surface area contributed by atoms with Crippen LogP contribution in [0.25, 0.3) is 5.57 Å². The third kappa shape index (κ3) is 3.55. The molecule has 144 valence electrons. The summed E-state index contributed by atoms with van der Waals surface area (Å²) in [7, 11) is 2.06. The summed E-state index contributed by atoms with van der Waals surface area (Å²) < 4.78 is 0. The Hall–Kier alpha value is -2.63. The lowest BCUT2D eigenvalue weighted by molar-refractivity contribution is -0.138. The molecule has 6 heteroatoms. The molecule has 5 nitrogen and oxygen atoms in total. The van der Waals surface area contributed by atoms with Crippen molar-refractivity contribution in [3.05, 3.63) is 76.4 Å². The zero-order valence-corrected chi connectivity index (χ0v) is 16.5. The summed E-state index contributed by atoms with van der Waals surface area (Å²) >= 11 is 6.03. The Kier molecular flexibility index (Phi) is 5.20. The molecule has 0 atom stereocenters. The van der Waals surface area contributed by atoms with Crippen LogP contribution in [0.15, 0.2) is 60.3 Å². The molecule has 0 aromatic heterocycles. The first kappa shape index (κ1) is 18.7. The van der Waals surface area contributed by atoms with Crippen molar-refractivity contribution in [1.29, 1.82) is 0 Å². The monoisotopic (exact) mass is 395 g/mol. The lowest BCUT2D eigenvalue weighted by Gasteiger charge is -2.34. The topological polar surface area (TPSA) is 43.9 Å². The van der Waals surface area contributed by atoms with E-state index in [1.165, 1.54) is 4.90 Å². The van der Waals surface area contributed by atoms with Crippen LogP contribution in [0.5, 0.6) is 0 Å². The van der Waals surface area contributed by atoms with Crippen molar-refractivity contribution in [2.24, 2.45) is 0 Å². The van der Waals surface area contributed by atoms with Gasteiger partial charge in [0.15, 0.2) is 0 Å². The number of amides is 2. The number of carbonyl (C=O) groups is 2. The molecule has 2 aromatic rings. The molecule has 2 aliphatic rings. The summed E-state index contributed by atoms with van der Waals surface area (Å²) in [5.74, 6) is -0.464. The minimum absolute atomic E-state index is 0.219. The summed E-state index contributed by atoms with van der Waals surface area (Å²) in [5, 5.41) is 0.600. The molecule has 1 saturated heterocycles. The largest absolute Gasteiger partial charge is 0.364 e. The molecule has 0 bridgehead atoms. The van der Waals surface area contributed by atoms with E-state index in [4.69, 9.17) is 11.6 Å². The SMILES string of the molecule is CN1CCN(C2=C(c3ccc(Cl)cc3)C(=O)N(Cc3ccccc3)C2=O)CC1. The smallest absolute Gasteiger partial charge is 0.278 e. The molecule has 2 aliphatic heterocycles. The summed E-state index contributed by atoms with van der Waals surface area (Å²) in [5.41, 5.74) is 2.64. The number of nitrogens with zero attached hydrogens (tertiary/aromatic N) is 3. The van der Waals surface area contributed by atoms with Crippen molar-refractivity contribution in [1.82, 2.24) is 14.7 Å². The number of imide groups is 1. The average molecular weight is 396 g/mol. The Morgan fingerprint density at radius 3 is 2.14 bits per heavy atom. The fraction of sp³-hybridized carbons (Fsp3) is 0.273. The van der Waals surface area contributed by atoms with Gasteiger partial charge in [0.05, 0.1) is 12.1 Å². The molecule has 4 rings (SSSR count). The second-order valence-electron chi connectivity index (χ2n) is 7.20. The van der Waals surface area contributed by atoms with Gasteiger partial charge in [-0.3, -0.25) is 14.5 Å². The zero-order valence-electron chi connectivity index (χ0n) is 15.8. The maximum absolute atomic E-state index is 13.3. The van der Waals surface area contributed by atoms with Crippen LogP contribution in [0, 0.1) is 0 Å². The number of carbonyl (C=O) groups excluding carboxylic acids is 2.